The second-order valence-corrected chi connectivity index (χ2v) is 8.80. The second-order valence-electron chi connectivity index (χ2n) is 8.80. The topological polar surface area (TPSA) is 85.1 Å². The molecule has 2 aliphatic rings. The summed E-state index contributed by atoms with van der Waals surface area (Å²) in [5, 5.41) is 16.2. The van der Waals surface area contributed by atoms with E-state index in [0.717, 1.165) is 34.3 Å². The molecule has 150 valence electrons. The van der Waals surface area contributed by atoms with Crippen molar-refractivity contribution in [2.24, 2.45) is 5.41 Å². The van der Waals surface area contributed by atoms with Crippen molar-refractivity contribution in [1.82, 2.24) is 4.98 Å². The highest BCUT2D eigenvalue weighted by molar-refractivity contribution is 6.04. The molecule has 0 spiro atoms. The van der Waals surface area contributed by atoms with Gasteiger partial charge in [0.25, 0.3) is 5.69 Å². The number of carbonyl (C=O) groups excluding carboxylic acids is 1. The van der Waals surface area contributed by atoms with Crippen LogP contribution < -0.4 is 5.32 Å². The number of benzene rings is 2. The lowest BCUT2D eigenvalue weighted by atomic mass is 9.68. The van der Waals surface area contributed by atoms with Gasteiger partial charge in [0, 0.05) is 52.5 Å². The number of nitrogens with one attached hydrogen (secondary N) is 1. The maximum Gasteiger partial charge on any atom is 0.273 e. The monoisotopic (exact) mass is 399 g/mol. The fourth-order valence-corrected chi connectivity index (χ4v) is 4.89. The van der Waals surface area contributed by atoms with E-state index in [4.69, 9.17) is 0 Å². The number of anilines is 1. The number of pyridine rings is 1. The summed E-state index contributed by atoms with van der Waals surface area (Å²) in [5.41, 5.74) is 4.48. The van der Waals surface area contributed by atoms with Crippen LogP contribution in [-0.4, -0.2) is 15.7 Å². The summed E-state index contributed by atoms with van der Waals surface area (Å²) in [6.45, 7) is 4.16. The van der Waals surface area contributed by atoms with Crippen molar-refractivity contribution in [3.63, 3.8) is 0 Å². The third kappa shape index (κ3) is 2.79. The largest absolute Gasteiger partial charge is 0.358 e. The molecule has 1 atom stereocenters. The molecule has 0 saturated carbocycles. The van der Waals surface area contributed by atoms with Crippen molar-refractivity contribution in [2.75, 3.05) is 5.32 Å². The van der Waals surface area contributed by atoms with Gasteiger partial charge in [-0.1, -0.05) is 38.1 Å². The Hall–Kier alpha value is -3.54. The molecule has 6 nitrogen and oxygen atoms in total. The van der Waals surface area contributed by atoms with Crippen molar-refractivity contribution >= 4 is 28.1 Å². The lowest BCUT2D eigenvalue weighted by Crippen LogP contribution is -2.34. The Morgan fingerprint density at radius 2 is 1.90 bits per heavy atom. The number of fused-ring (bicyclic) bond motifs is 3. The molecule has 0 fully saturated rings. The SMILES string of the molecule is CC1(C)CC(=O)C2=C(C1)Nc1ccc3ncccc3c1C2c1ccccc1[N+](=O)[O-]. The molecule has 30 heavy (non-hydrogen) atoms. The average Bonchev–Trinajstić information content (AvgIpc) is 2.71. The summed E-state index contributed by atoms with van der Waals surface area (Å²) in [4.78, 5) is 29.3. The van der Waals surface area contributed by atoms with E-state index in [2.05, 4.69) is 24.1 Å². The smallest absolute Gasteiger partial charge is 0.273 e. The number of hydrogen-bond acceptors (Lipinski definition) is 5. The zero-order chi connectivity index (χ0) is 21.0. The summed E-state index contributed by atoms with van der Waals surface area (Å²) in [6.07, 6.45) is 2.86. The van der Waals surface area contributed by atoms with Gasteiger partial charge in [0.2, 0.25) is 0 Å². The summed E-state index contributed by atoms with van der Waals surface area (Å²) < 4.78 is 0. The quantitative estimate of drug-likeness (QED) is 0.464. The van der Waals surface area contributed by atoms with Crippen LogP contribution in [0.5, 0.6) is 0 Å². The van der Waals surface area contributed by atoms with Crippen molar-refractivity contribution < 1.29 is 9.72 Å². The molecule has 3 aromatic rings. The molecule has 1 unspecified atom stereocenters. The number of Topliss-reactive ketones (excluding diaryl/α,β-unsaturated/α-hetero) is 1. The third-order valence-electron chi connectivity index (χ3n) is 6.05. The lowest BCUT2D eigenvalue weighted by Gasteiger charge is -2.39. The number of nitro groups is 1. The predicted molar refractivity (Wildman–Crippen MR) is 115 cm³/mol. The summed E-state index contributed by atoms with van der Waals surface area (Å²) >= 11 is 0. The summed E-state index contributed by atoms with van der Waals surface area (Å²) in [5.74, 6) is -0.460. The first kappa shape index (κ1) is 18.5. The Morgan fingerprint density at radius 1 is 1.10 bits per heavy atom. The van der Waals surface area contributed by atoms with E-state index in [1.807, 2.05) is 24.3 Å². The van der Waals surface area contributed by atoms with Crippen LogP contribution in [0.3, 0.4) is 0 Å². The highest BCUT2D eigenvalue weighted by atomic mass is 16.6. The van der Waals surface area contributed by atoms with E-state index < -0.39 is 5.92 Å². The van der Waals surface area contributed by atoms with Gasteiger partial charge in [-0.05, 0) is 35.6 Å². The van der Waals surface area contributed by atoms with Crippen LogP contribution in [-0.2, 0) is 4.79 Å². The number of nitro benzene ring substituents is 1. The van der Waals surface area contributed by atoms with Crippen LogP contribution in [0, 0.1) is 15.5 Å². The summed E-state index contributed by atoms with van der Waals surface area (Å²) in [7, 11) is 0. The van der Waals surface area contributed by atoms with Gasteiger partial charge in [-0.3, -0.25) is 19.9 Å². The molecular weight excluding hydrogens is 378 g/mol. The number of para-hydroxylation sites is 1. The Kier molecular flexibility index (Phi) is 4.00. The minimum Gasteiger partial charge on any atom is -0.358 e. The van der Waals surface area contributed by atoms with E-state index in [1.165, 1.54) is 6.07 Å². The van der Waals surface area contributed by atoms with E-state index >= 15 is 0 Å². The maximum atomic E-state index is 13.4. The van der Waals surface area contributed by atoms with Gasteiger partial charge in [0.05, 0.1) is 10.4 Å². The van der Waals surface area contributed by atoms with Gasteiger partial charge in [-0.15, -0.1) is 0 Å². The second kappa shape index (κ2) is 6.49. The fraction of sp³-hybridized carbons (Fsp3) is 0.250. The molecule has 0 amide bonds. The summed E-state index contributed by atoms with van der Waals surface area (Å²) in [6, 6.07) is 14.5. The molecule has 1 aliphatic heterocycles. The highest BCUT2D eigenvalue weighted by Crippen LogP contribution is 2.51. The van der Waals surface area contributed by atoms with Crippen LogP contribution >= 0.6 is 0 Å². The first-order valence-corrected chi connectivity index (χ1v) is 10.00. The number of rotatable bonds is 2. The van der Waals surface area contributed by atoms with E-state index in [-0.39, 0.29) is 21.8 Å². The predicted octanol–water partition coefficient (Wildman–Crippen LogP) is 5.34. The number of ketones is 1. The maximum absolute atomic E-state index is 13.4. The zero-order valence-electron chi connectivity index (χ0n) is 16.8. The van der Waals surface area contributed by atoms with E-state index in [1.54, 1.807) is 24.4 Å². The van der Waals surface area contributed by atoms with E-state index in [9.17, 15) is 14.9 Å². The van der Waals surface area contributed by atoms with Crippen LogP contribution in [0.4, 0.5) is 11.4 Å². The van der Waals surface area contributed by atoms with Gasteiger partial charge in [0.1, 0.15) is 0 Å². The van der Waals surface area contributed by atoms with E-state index in [0.29, 0.717) is 17.6 Å². The molecule has 2 heterocycles. The van der Waals surface area contributed by atoms with Crippen molar-refractivity contribution in [3.8, 4) is 0 Å². The number of aromatic nitrogens is 1. The zero-order valence-corrected chi connectivity index (χ0v) is 16.8. The molecule has 5 rings (SSSR count). The molecular formula is C24H21N3O3. The first-order chi connectivity index (χ1) is 14.4. The number of hydrogen-bond donors (Lipinski definition) is 1. The molecule has 6 heteroatoms. The standard InChI is InChI=1S/C24H21N3O3/c1-24(2)12-18-23(20(28)13-24)22(15-6-3-4-8-19(15)27(29)30)21-14-7-5-11-25-16(14)9-10-17(21)26-18/h3-11,22,26H,12-13H2,1-2H3. The van der Waals surface area contributed by atoms with Crippen molar-refractivity contribution in [2.45, 2.75) is 32.6 Å². The minimum atomic E-state index is -0.505. The third-order valence-corrected chi connectivity index (χ3v) is 6.05. The van der Waals surface area contributed by atoms with Gasteiger partial charge < -0.3 is 5.32 Å². The van der Waals surface area contributed by atoms with Crippen LogP contribution in [0.2, 0.25) is 0 Å². The number of carbonyl (C=O) groups is 1. The van der Waals surface area contributed by atoms with Crippen LogP contribution in [0.25, 0.3) is 10.9 Å². The highest BCUT2D eigenvalue weighted by Gasteiger charge is 2.42. The Morgan fingerprint density at radius 3 is 2.70 bits per heavy atom. The molecule has 2 aromatic carbocycles. The Bertz CT molecular complexity index is 1260. The first-order valence-electron chi connectivity index (χ1n) is 10.00. The van der Waals surface area contributed by atoms with Gasteiger partial charge in [0.15, 0.2) is 5.78 Å². The van der Waals surface area contributed by atoms with Gasteiger partial charge in [-0.25, -0.2) is 0 Å². The molecule has 1 aliphatic carbocycles. The van der Waals surface area contributed by atoms with Crippen LogP contribution in [0.15, 0.2) is 66.0 Å². The molecule has 0 bridgehead atoms. The minimum absolute atomic E-state index is 0.0285. The molecule has 0 radical (unpaired) electrons. The fourth-order valence-electron chi connectivity index (χ4n) is 4.89. The average molecular weight is 399 g/mol. The number of allylic oxidation sites excluding steroid dienone is 2. The van der Waals surface area contributed by atoms with Crippen molar-refractivity contribution in [1.29, 1.82) is 0 Å². The van der Waals surface area contributed by atoms with Gasteiger partial charge in [-0.2, -0.15) is 0 Å². The molecule has 0 saturated heterocycles. The van der Waals surface area contributed by atoms with Gasteiger partial charge >= 0.3 is 0 Å². The van der Waals surface area contributed by atoms with Crippen LogP contribution in [0.1, 0.15) is 43.7 Å². The Labute approximate surface area is 173 Å². The molecule has 1 aromatic heterocycles. The number of nitrogens with zero attached hydrogens (tertiary/aromatic N) is 2. The molecule has 1 N–H and O–H groups in total. The lowest BCUT2D eigenvalue weighted by molar-refractivity contribution is -0.385. The normalized spacial score (nSPS) is 19.8. The Balaban J connectivity index is 1.86. The van der Waals surface area contributed by atoms with Crippen molar-refractivity contribution in [3.05, 3.63) is 87.2 Å².